The molecule has 47 valence electrons. The summed E-state index contributed by atoms with van der Waals surface area (Å²) in [4.78, 5) is 3.89. The SMILES string of the molecule is [c]1nccc2ccccc12. The van der Waals surface area contributed by atoms with Gasteiger partial charge in [-0.2, -0.15) is 0 Å². The van der Waals surface area contributed by atoms with Gasteiger partial charge in [0.15, 0.2) is 0 Å². The predicted octanol–water partition coefficient (Wildman–Crippen LogP) is 2.03. The summed E-state index contributed by atoms with van der Waals surface area (Å²) in [5.74, 6) is 0. The lowest BCUT2D eigenvalue weighted by molar-refractivity contribution is 1.35. The Bertz CT molecular complexity index is 276. The molecule has 0 bridgehead atoms. The molecule has 10 heavy (non-hydrogen) atoms. The molecular weight excluding hydrogens is 122 g/mol. The average Bonchev–Trinajstić information content (AvgIpc) is 2.05. The van der Waals surface area contributed by atoms with Crippen LogP contribution in [0.15, 0.2) is 36.5 Å². The minimum atomic E-state index is 1.07. The van der Waals surface area contributed by atoms with Crippen molar-refractivity contribution in [1.29, 1.82) is 0 Å². The highest BCUT2D eigenvalue weighted by atomic mass is 14.6. The molecule has 2 aromatic rings. The lowest BCUT2D eigenvalue weighted by Crippen LogP contribution is -1.72. The van der Waals surface area contributed by atoms with Gasteiger partial charge >= 0.3 is 0 Å². The fourth-order valence-electron chi connectivity index (χ4n) is 0.969. The third-order valence-electron chi connectivity index (χ3n) is 1.47. The van der Waals surface area contributed by atoms with Gasteiger partial charge in [-0.3, -0.25) is 4.98 Å². The van der Waals surface area contributed by atoms with Gasteiger partial charge in [-0.15, -0.1) is 0 Å². The number of fused-ring (bicyclic) bond motifs is 1. The molecule has 1 radical (unpaired) electrons. The molecule has 0 saturated carbocycles. The van der Waals surface area contributed by atoms with Gasteiger partial charge in [-0.25, -0.2) is 0 Å². The van der Waals surface area contributed by atoms with Crippen LogP contribution in [0.4, 0.5) is 0 Å². The fraction of sp³-hybridized carbons (Fsp3) is 0. The Balaban J connectivity index is 2.89. The van der Waals surface area contributed by atoms with Crippen molar-refractivity contribution in [3.8, 4) is 0 Å². The van der Waals surface area contributed by atoms with Gasteiger partial charge in [0.2, 0.25) is 0 Å². The van der Waals surface area contributed by atoms with E-state index in [1.54, 1.807) is 6.20 Å². The van der Waals surface area contributed by atoms with Crippen molar-refractivity contribution in [1.82, 2.24) is 4.98 Å². The Labute approximate surface area is 59.3 Å². The van der Waals surface area contributed by atoms with Gasteiger partial charge in [-0.1, -0.05) is 24.3 Å². The van der Waals surface area contributed by atoms with Gasteiger partial charge in [0, 0.05) is 11.6 Å². The van der Waals surface area contributed by atoms with Crippen LogP contribution in [-0.4, -0.2) is 4.98 Å². The van der Waals surface area contributed by atoms with E-state index in [4.69, 9.17) is 0 Å². The van der Waals surface area contributed by atoms with Crippen LogP contribution in [0.5, 0.6) is 0 Å². The highest BCUT2D eigenvalue weighted by Crippen LogP contribution is 2.08. The number of hydrogen-bond acceptors (Lipinski definition) is 1. The molecule has 0 N–H and O–H groups in total. The zero-order chi connectivity index (χ0) is 6.81. The summed E-state index contributed by atoms with van der Waals surface area (Å²) in [6.07, 6.45) is 4.65. The first kappa shape index (κ1) is 5.42. The summed E-state index contributed by atoms with van der Waals surface area (Å²) in [7, 11) is 0. The molecule has 0 saturated heterocycles. The summed E-state index contributed by atoms with van der Waals surface area (Å²) in [5.41, 5.74) is 0. The van der Waals surface area contributed by atoms with E-state index in [0.29, 0.717) is 0 Å². The Morgan fingerprint density at radius 1 is 1.10 bits per heavy atom. The lowest BCUT2D eigenvalue weighted by Gasteiger charge is -1.91. The van der Waals surface area contributed by atoms with E-state index in [-0.39, 0.29) is 0 Å². The van der Waals surface area contributed by atoms with Crippen molar-refractivity contribution in [2.45, 2.75) is 0 Å². The zero-order valence-corrected chi connectivity index (χ0v) is 5.41. The molecule has 0 aliphatic carbocycles. The first-order chi connectivity index (χ1) is 4.97. The molecular formula is C9H6N. The van der Waals surface area contributed by atoms with E-state index in [2.05, 4.69) is 11.2 Å². The van der Waals surface area contributed by atoms with Crippen LogP contribution >= 0.6 is 0 Å². The summed E-state index contributed by atoms with van der Waals surface area (Å²) < 4.78 is 0. The van der Waals surface area contributed by atoms with Crippen LogP contribution in [0.2, 0.25) is 0 Å². The van der Waals surface area contributed by atoms with E-state index >= 15 is 0 Å². The molecule has 0 fully saturated rings. The van der Waals surface area contributed by atoms with E-state index in [1.807, 2.05) is 30.3 Å². The standard InChI is InChI=1S/C9H6N/c1-2-4-9-7-10-6-5-8(9)3-1/h1-6H. The van der Waals surface area contributed by atoms with E-state index in [1.165, 1.54) is 5.39 Å². The summed E-state index contributed by atoms with van der Waals surface area (Å²) >= 11 is 0. The van der Waals surface area contributed by atoms with Crippen molar-refractivity contribution >= 4 is 10.8 Å². The first-order valence-corrected chi connectivity index (χ1v) is 3.18. The van der Waals surface area contributed by atoms with Crippen LogP contribution in [0.1, 0.15) is 0 Å². The van der Waals surface area contributed by atoms with Crippen LogP contribution in [-0.2, 0) is 0 Å². The molecule has 0 atom stereocenters. The van der Waals surface area contributed by atoms with Crippen molar-refractivity contribution < 1.29 is 0 Å². The summed E-state index contributed by atoms with van der Waals surface area (Å²) in [6, 6.07) is 10.0. The number of benzene rings is 1. The van der Waals surface area contributed by atoms with Gasteiger partial charge in [0.25, 0.3) is 0 Å². The molecule has 0 aliphatic heterocycles. The van der Waals surface area contributed by atoms with Crippen molar-refractivity contribution in [2.24, 2.45) is 0 Å². The van der Waals surface area contributed by atoms with Crippen molar-refractivity contribution in [3.63, 3.8) is 0 Å². The zero-order valence-electron chi connectivity index (χ0n) is 5.41. The molecule has 1 heteroatoms. The molecule has 1 aromatic carbocycles. The van der Waals surface area contributed by atoms with Gasteiger partial charge in [0.1, 0.15) is 0 Å². The first-order valence-electron chi connectivity index (χ1n) is 3.18. The summed E-state index contributed by atoms with van der Waals surface area (Å²) in [5, 5.41) is 2.27. The molecule has 0 aliphatic rings. The second-order valence-corrected chi connectivity index (χ2v) is 2.14. The van der Waals surface area contributed by atoms with Crippen molar-refractivity contribution in [3.05, 3.63) is 42.7 Å². The minimum Gasteiger partial charge on any atom is -0.254 e. The molecule has 0 spiro atoms. The normalized spacial score (nSPS) is 10.0. The Morgan fingerprint density at radius 2 is 2.00 bits per heavy atom. The fourth-order valence-corrected chi connectivity index (χ4v) is 0.969. The monoisotopic (exact) mass is 128 g/mol. The number of pyridine rings is 1. The molecule has 0 unspecified atom stereocenters. The largest absolute Gasteiger partial charge is 0.254 e. The third kappa shape index (κ3) is 0.760. The number of nitrogens with zero attached hydrogens (tertiary/aromatic N) is 1. The van der Waals surface area contributed by atoms with E-state index < -0.39 is 0 Å². The molecule has 1 aromatic heterocycles. The highest BCUT2D eigenvalue weighted by Gasteiger charge is 1.86. The van der Waals surface area contributed by atoms with E-state index in [0.717, 1.165) is 5.39 Å². The molecule has 1 heterocycles. The molecule has 0 amide bonds. The van der Waals surface area contributed by atoms with Crippen molar-refractivity contribution in [2.75, 3.05) is 0 Å². The average molecular weight is 128 g/mol. The maximum absolute atomic E-state index is 3.89. The predicted molar refractivity (Wildman–Crippen MR) is 40.6 cm³/mol. The number of rotatable bonds is 0. The van der Waals surface area contributed by atoms with Crippen LogP contribution < -0.4 is 0 Å². The molecule has 2 rings (SSSR count). The van der Waals surface area contributed by atoms with Crippen LogP contribution in [0.25, 0.3) is 10.8 Å². The number of aromatic nitrogens is 1. The maximum Gasteiger partial charge on any atom is 0.0970 e. The van der Waals surface area contributed by atoms with Gasteiger partial charge in [-0.05, 0) is 11.5 Å². The van der Waals surface area contributed by atoms with E-state index in [9.17, 15) is 0 Å². The molecule has 1 nitrogen and oxygen atoms in total. The minimum absolute atomic E-state index is 1.07. The quantitative estimate of drug-likeness (QED) is 0.529. The Hall–Kier alpha value is -1.37. The Morgan fingerprint density at radius 3 is 2.90 bits per heavy atom. The number of hydrogen-bond donors (Lipinski definition) is 0. The van der Waals surface area contributed by atoms with Gasteiger partial charge in [0.05, 0.1) is 6.20 Å². The Kier molecular flexibility index (Phi) is 1.14. The maximum atomic E-state index is 3.89. The second-order valence-electron chi connectivity index (χ2n) is 2.14. The summed E-state index contributed by atoms with van der Waals surface area (Å²) in [6.45, 7) is 0. The van der Waals surface area contributed by atoms with Crippen LogP contribution in [0, 0.1) is 6.20 Å². The topological polar surface area (TPSA) is 12.9 Å². The lowest BCUT2D eigenvalue weighted by atomic mass is 10.2. The smallest absolute Gasteiger partial charge is 0.0970 e. The van der Waals surface area contributed by atoms with Crippen LogP contribution in [0.3, 0.4) is 0 Å². The third-order valence-corrected chi connectivity index (χ3v) is 1.47. The van der Waals surface area contributed by atoms with Gasteiger partial charge < -0.3 is 0 Å². The highest BCUT2D eigenvalue weighted by molar-refractivity contribution is 5.80. The second kappa shape index (κ2) is 2.10.